The molecule has 0 aliphatic heterocycles. The molecule has 1 aliphatic carbocycles. The molecule has 1 saturated carbocycles. The van der Waals surface area contributed by atoms with E-state index in [1.807, 2.05) is 0 Å². The van der Waals surface area contributed by atoms with Crippen molar-refractivity contribution in [2.24, 2.45) is 17.1 Å². The molecule has 5 heteroatoms. The van der Waals surface area contributed by atoms with Crippen molar-refractivity contribution in [2.75, 3.05) is 31.8 Å². The topological polar surface area (TPSA) is 69.4 Å². The Morgan fingerprint density at radius 1 is 1.57 bits per heavy atom. The third-order valence-electron chi connectivity index (χ3n) is 3.09. The summed E-state index contributed by atoms with van der Waals surface area (Å²) in [6.07, 6.45) is 0.885. The third-order valence-corrected chi connectivity index (χ3v) is 4.88. The van der Waals surface area contributed by atoms with Gasteiger partial charge in [0, 0.05) is 24.8 Å². The van der Waals surface area contributed by atoms with E-state index in [0.717, 1.165) is 6.42 Å². The molecular formula is C9H19NO3S. The Morgan fingerprint density at radius 3 is 2.64 bits per heavy atom. The lowest BCUT2D eigenvalue weighted by Crippen LogP contribution is -2.25. The van der Waals surface area contributed by atoms with E-state index in [0.29, 0.717) is 13.2 Å². The lowest BCUT2D eigenvalue weighted by molar-refractivity contribution is 0.138. The Kier molecular flexibility index (Phi) is 3.55. The monoisotopic (exact) mass is 221 g/mol. The summed E-state index contributed by atoms with van der Waals surface area (Å²) in [5.74, 6) is 0.693. The predicted octanol–water partition coefficient (Wildman–Crippen LogP) is 0.0325. The zero-order valence-corrected chi connectivity index (χ0v) is 9.64. The van der Waals surface area contributed by atoms with Crippen LogP contribution in [0.15, 0.2) is 0 Å². The summed E-state index contributed by atoms with van der Waals surface area (Å²) in [5, 5.41) is 0. The highest BCUT2D eigenvalue weighted by molar-refractivity contribution is 7.91. The Hall–Kier alpha value is -0.130. The molecule has 84 valence electrons. The van der Waals surface area contributed by atoms with Crippen molar-refractivity contribution in [3.8, 4) is 0 Å². The number of methoxy groups -OCH3 is 1. The molecule has 1 fully saturated rings. The van der Waals surface area contributed by atoms with Crippen LogP contribution in [-0.4, -0.2) is 40.2 Å². The Balaban J connectivity index is 2.52. The van der Waals surface area contributed by atoms with Gasteiger partial charge in [0.05, 0.1) is 12.4 Å². The van der Waals surface area contributed by atoms with Crippen LogP contribution in [0.1, 0.15) is 13.3 Å². The van der Waals surface area contributed by atoms with Crippen LogP contribution < -0.4 is 5.73 Å². The summed E-state index contributed by atoms with van der Waals surface area (Å²) in [6.45, 7) is 2.77. The normalized spacial score (nSPS) is 31.8. The predicted molar refractivity (Wildman–Crippen MR) is 55.8 cm³/mol. The highest BCUT2D eigenvalue weighted by Gasteiger charge is 2.54. The third kappa shape index (κ3) is 2.46. The second-order valence-electron chi connectivity index (χ2n) is 4.10. The molecule has 14 heavy (non-hydrogen) atoms. The van der Waals surface area contributed by atoms with Crippen LogP contribution in [0.3, 0.4) is 0 Å². The van der Waals surface area contributed by atoms with E-state index in [4.69, 9.17) is 10.5 Å². The van der Waals surface area contributed by atoms with Crippen LogP contribution in [0.25, 0.3) is 0 Å². The average molecular weight is 221 g/mol. The van der Waals surface area contributed by atoms with Crippen molar-refractivity contribution in [3.05, 3.63) is 0 Å². The summed E-state index contributed by atoms with van der Waals surface area (Å²) in [7, 11) is -1.24. The van der Waals surface area contributed by atoms with Crippen LogP contribution in [-0.2, 0) is 14.6 Å². The van der Waals surface area contributed by atoms with E-state index in [1.165, 1.54) is 0 Å². The molecule has 0 aromatic carbocycles. The van der Waals surface area contributed by atoms with E-state index in [-0.39, 0.29) is 22.8 Å². The fraction of sp³-hybridized carbons (Fsp3) is 1.00. The van der Waals surface area contributed by atoms with Gasteiger partial charge in [-0.05, 0) is 12.3 Å². The maximum absolute atomic E-state index is 11.4. The zero-order chi connectivity index (χ0) is 10.8. The van der Waals surface area contributed by atoms with Gasteiger partial charge in [-0.2, -0.15) is 0 Å². The standard InChI is InChI=1S/C9H19NO3S/c1-3-14(11,12)5-8-4-9(8,6-10)7-13-2/h8H,3-7,10H2,1-2H3/t8-,9-/m0/s1. The zero-order valence-electron chi connectivity index (χ0n) is 8.82. The molecule has 1 aliphatic rings. The van der Waals surface area contributed by atoms with E-state index < -0.39 is 9.84 Å². The van der Waals surface area contributed by atoms with Crippen molar-refractivity contribution >= 4 is 9.84 Å². The maximum Gasteiger partial charge on any atom is 0.150 e. The molecule has 0 aromatic rings. The van der Waals surface area contributed by atoms with Gasteiger partial charge in [-0.3, -0.25) is 0 Å². The lowest BCUT2D eigenvalue weighted by Gasteiger charge is -2.13. The van der Waals surface area contributed by atoms with E-state index in [2.05, 4.69) is 0 Å². The maximum atomic E-state index is 11.4. The molecule has 0 spiro atoms. The number of hydrogen-bond donors (Lipinski definition) is 1. The number of ether oxygens (including phenoxy) is 1. The Labute approximate surface area is 85.7 Å². The largest absolute Gasteiger partial charge is 0.384 e. The molecular weight excluding hydrogens is 202 g/mol. The molecule has 0 heterocycles. The van der Waals surface area contributed by atoms with Crippen LogP contribution in [0.5, 0.6) is 0 Å². The highest BCUT2D eigenvalue weighted by Crippen LogP contribution is 2.52. The number of hydrogen-bond acceptors (Lipinski definition) is 4. The first kappa shape index (κ1) is 11.9. The van der Waals surface area contributed by atoms with Gasteiger partial charge in [0.2, 0.25) is 0 Å². The fourth-order valence-electron chi connectivity index (χ4n) is 1.87. The van der Waals surface area contributed by atoms with Crippen molar-refractivity contribution in [1.82, 2.24) is 0 Å². The molecule has 0 aromatic heterocycles. The molecule has 0 bridgehead atoms. The van der Waals surface area contributed by atoms with Gasteiger partial charge in [-0.15, -0.1) is 0 Å². The summed E-state index contributed by atoms with van der Waals surface area (Å²) < 4.78 is 27.8. The van der Waals surface area contributed by atoms with E-state index in [1.54, 1.807) is 14.0 Å². The van der Waals surface area contributed by atoms with Crippen LogP contribution in [0, 0.1) is 11.3 Å². The number of sulfone groups is 1. The summed E-state index contributed by atoms with van der Waals surface area (Å²) in [6, 6.07) is 0. The van der Waals surface area contributed by atoms with E-state index >= 15 is 0 Å². The van der Waals surface area contributed by atoms with Gasteiger partial charge in [-0.1, -0.05) is 6.92 Å². The smallest absolute Gasteiger partial charge is 0.150 e. The number of rotatable bonds is 6. The van der Waals surface area contributed by atoms with Crippen LogP contribution in [0.4, 0.5) is 0 Å². The molecule has 0 unspecified atom stereocenters. The first-order valence-corrected chi connectivity index (χ1v) is 6.71. The SMILES string of the molecule is CCS(=O)(=O)C[C@@H]1C[C@]1(CN)COC. The summed E-state index contributed by atoms with van der Waals surface area (Å²) in [5.41, 5.74) is 5.57. The van der Waals surface area contributed by atoms with Gasteiger partial charge in [0.1, 0.15) is 9.84 Å². The minimum atomic E-state index is -2.87. The van der Waals surface area contributed by atoms with Crippen LogP contribution in [0.2, 0.25) is 0 Å². The minimum Gasteiger partial charge on any atom is -0.384 e. The fourth-order valence-corrected chi connectivity index (χ4v) is 3.19. The van der Waals surface area contributed by atoms with E-state index in [9.17, 15) is 8.42 Å². The van der Waals surface area contributed by atoms with Crippen molar-refractivity contribution in [1.29, 1.82) is 0 Å². The van der Waals surface area contributed by atoms with Gasteiger partial charge in [0.15, 0.2) is 0 Å². The van der Waals surface area contributed by atoms with Crippen molar-refractivity contribution in [2.45, 2.75) is 13.3 Å². The Morgan fingerprint density at radius 2 is 2.21 bits per heavy atom. The quantitative estimate of drug-likeness (QED) is 0.687. The second kappa shape index (κ2) is 4.16. The average Bonchev–Trinajstić information content (AvgIpc) is 2.79. The van der Waals surface area contributed by atoms with Crippen molar-refractivity contribution < 1.29 is 13.2 Å². The highest BCUT2D eigenvalue weighted by atomic mass is 32.2. The first-order valence-electron chi connectivity index (χ1n) is 4.89. The molecule has 0 radical (unpaired) electrons. The second-order valence-corrected chi connectivity index (χ2v) is 6.50. The van der Waals surface area contributed by atoms with Gasteiger partial charge < -0.3 is 10.5 Å². The molecule has 2 N–H and O–H groups in total. The lowest BCUT2D eigenvalue weighted by atomic mass is 10.1. The molecule has 1 rings (SSSR count). The van der Waals surface area contributed by atoms with Crippen LogP contribution >= 0.6 is 0 Å². The van der Waals surface area contributed by atoms with Gasteiger partial charge in [-0.25, -0.2) is 8.42 Å². The Bertz CT molecular complexity index is 288. The number of nitrogens with two attached hydrogens (primary N) is 1. The van der Waals surface area contributed by atoms with Crippen molar-refractivity contribution in [3.63, 3.8) is 0 Å². The van der Waals surface area contributed by atoms with Gasteiger partial charge in [0.25, 0.3) is 0 Å². The van der Waals surface area contributed by atoms with Gasteiger partial charge >= 0.3 is 0 Å². The minimum absolute atomic E-state index is 0.0585. The molecule has 2 atom stereocenters. The summed E-state index contributed by atoms with van der Waals surface area (Å²) in [4.78, 5) is 0. The molecule has 0 saturated heterocycles. The summed E-state index contributed by atoms with van der Waals surface area (Å²) >= 11 is 0. The first-order chi connectivity index (χ1) is 6.49. The molecule has 4 nitrogen and oxygen atoms in total. The molecule has 0 amide bonds.